The van der Waals surface area contributed by atoms with Gasteiger partial charge in [0.05, 0.1) is 6.10 Å². The van der Waals surface area contributed by atoms with Gasteiger partial charge < -0.3 is 10.0 Å². The predicted molar refractivity (Wildman–Crippen MR) is 71.3 cm³/mol. The fourth-order valence-corrected chi connectivity index (χ4v) is 2.49. The summed E-state index contributed by atoms with van der Waals surface area (Å²) in [6.45, 7) is 1.73. The van der Waals surface area contributed by atoms with E-state index in [0.29, 0.717) is 0 Å². The van der Waals surface area contributed by atoms with Gasteiger partial charge in [0.25, 0.3) is 0 Å². The molecule has 1 aromatic carbocycles. The van der Waals surface area contributed by atoms with Gasteiger partial charge in [-0.25, -0.2) is 0 Å². The summed E-state index contributed by atoms with van der Waals surface area (Å²) in [6, 6.07) is 12.1. The van der Waals surface area contributed by atoms with Crippen LogP contribution in [0.1, 0.15) is 23.7 Å². The van der Waals surface area contributed by atoms with Gasteiger partial charge in [0.1, 0.15) is 0 Å². The SMILES string of the molecule is OC1CCN(Cc2cccnc2)c2ccccc21. The molecule has 3 nitrogen and oxygen atoms in total. The lowest BCUT2D eigenvalue weighted by atomic mass is 9.98. The molecular weight excluding hydrogens is 224 g/mol. The Morgan fingerprint density at radius 3 is 2.94 bits per heavy atom. The third-order valence-electron chi connectivity index (χ3n) is 3.41. The minimum absolute atomic E-state index is 0.327. The zero-order chi connectivity index (χ0) is 12.4. The number of pyridine rings is 1. The van der Waals surface area contributed by atoms with Crippen LogP contribution in [0, 0.1) is 0 Å². The molecule has 1 unspecified atom stereocenters. The molecule has 0 fully saturated rings. The molecule has 2 heterocycles. The number of hydrogen-bond acceptors (Lipinski definition) is 3. The van der Waals surface area contributed by atoms with Crippen molar-refractivity contribution < 1.29 is 5.11 Å². The fourth-order valence-electron chi connectivity index (χ4n) is 2.49. The third-order valence-corrected chi connectivity index (χ3v) is 3.41. The Balaban J connectivity index is 1.89. The van der Waals surface area contributed by atoms with Crippen LogP contribution >= 0.6 is 0 Å². The highest BCUT2D eigenvalue weighted by molar-refractivity contribution is 5.56. The van der Waals surface area contributed by atoms with Crippen molar-refractivity contribution in [3.8, 4) is 0 Å². The lowest BCUT2D eigenvalue weighted by Gasteiger charge is -2.33. The molecule has 0 aliphatic carbocycles. The van der Waals surface area contributed by atoms with Crippen molar-refractivity contribution in [2.75, 3.05) is 11.4 Å². The first kappa shape index (κ1) is 11.2. The molecular formula is C15H16N2O. The summed E-state index contributed by atoms with van der Waals surface area (Å²) in [6.07, 6.45) is 4.15. The summed E-state index contributed by atoms with van der Waals surface area (Å²) in [5, 5.41) is 10.0. The number of nitrogens with zero attached hydrogens (tertiary/aromatic N) is 2. The predicted octanol–water partition coefficient (Wildman–Crippen LogP) is 2.53. The Morgan fingerprint density at radius 2 is 2.11 bits per heavy atom. The van der Waals surface area contributed by atoms with Gasteiger partial charge in [0.15, 0.2) is 0 Å². The first-order valence-corrected chi connectivity index (χ1v) is 6.25. The standard InChI is InChI=1S/C15H16N2O/c18-15-7-9-17(11-12-4-3-8-16-10-12)14-6-2-1-5-13(14)15/h1-6,8,10,15,18H,7,9,11H2. The number of anilines is 1. The first-order valence-electron chi connectivity index (χ1n) is 6.25. The van der Waals surface area contributed by atoms with E-state index >= 15 is 0 Å². The largest absolute Gasteiger partial charge is 0.388 e. The summed E-state index contributed by atoms with van der Waals surface area (Å²) in [5.41, 5.74) is 3.37. The number of hydrogen-bond donors (Lipinski definition) is 1. The zero-order valence-electron chi connectivity index (χ0n) is 10.2. The topological polar surface area (TPSA) is 36.4 Å². The Hall–Kier alpha value is -1.87. The molecule has 1 aliphatic heterocycles. The number of rotatable bonds is 2. The highest BCUT2D eigenvalue weighted by Gasteiger charge is 2.22. The average Bonchev–Trinajstić information content (AvgIpc) is 2.44. The summed E-state index contributed by atoms with van der Waals surface area (Å²) < 4.78 is 0. The summed E-state index contributed by atoms with van der Waals surface area (Å²) in [7, 11) is 0. The fraction of sp³-hybridized carbons (Fsp3) is 0.267. The number of benzene rings is 1. The molecule has 0 amide bonds. The van der Waals surface area contributed by atoms with Gasteiger partial charge in [-0.3, -0.25) is 4.98 Å². The second-order valence-corrected chi connectivity index (χ2v) is 4.65. The van der Waals surface area contributed by atoms with Crippen LogP contribution in [0.5, 0.6) is 0 Å². The number of aliphatic hydroxyl groups excluding tert-OH is 1. The highest BCUT2D eigenvalue weighted by Crippen LogP contribution is 2.34. The molecule has 0 radical (unpaired) electrons. The van der Waals surface area contributed by atoms with Gasteiger partial charge in [-0.05, 0) is 24.1 Å². The summed E-state index contributed by atoms with van der Waals surface area (Å²) in [4.78, 5) is 6.45. The van der Waals surface area contributed by atoms with Gasteiger partial charge in [0.2, 0.25) is 0 Å². The maximum atomic E-state index is 10.0. The maximum Gasteiger partial charge on any atom is 0.0826 e. The maximum absolute atomic E-state index is 10.0. The van der Waals surface area contributed by atoms with Crippen LogP contribution < -0.4 is 4.90 Å². The molecule has 0 saturated carbocycles. The average molecular weight is 240 g/mol. The van der Waals surface area contributed by atoms with Crippen LogP contribution in [0.3, 0.4) is 0 Å². The molecule has 2 aromatic rings. The summed E-state index contributed by atoms with van der Waals surface area (Å²) in [5.74, 6) is 0. The highest BCUT2D eigenvalue weighted by atomic mass is 16.3. The molecule has 1 aromatic heterocycles. The third kappa shape index (κ3) is 2.09. The van der Waals surface area contributed by atoms with Crippen LogP contribution in [0.2, 0.25) is 0 Å². The number of fused-ring (bicyclic) bond motifs is 1. The van der Waals surface area contributed by atoms with Crippen molar-refractivity contribution in [3.05, 3.63) is 59.9 Å². The van der Waals surface area contributed by atoms with Crippen molar-refractivity contribution in [2.24, 2.45) is 0 Å². The number of para-hydroxylation sites is 1. The molecule has 1 atom stereocenters. The van der Waals surface area contributed by atoms with Crippen molar-refractivity contribution in [2.45, 2.75) is 19.1 Å². The smallest absolute Gasteiger partial charge is 0.0826 e. The molecule has 0 bridgehead atoms. The molecule has 3 rings (SSSR count). The van der Waals surface area contributed by atoms with E-state index in [1.54, 1.807) is 6.20 Å². The van der Waals surface area contributed by atoms with E-state index in [9.17, 15) is 5.11 Å². The molecule has 0 saturated heterocycles. The first-order chi connectivity index (χ1) is 8.84. The van der Waals surface area contributed by atoms with E-state index in [2.05, 4.69) is 22.0 Å². The van der Waals surface area contributed by atoms with Crippen LogP contribution in [0.4, 0.5) is 5.69 Å². The Labute approximate surface area is 107 Å². The second kappa shape index (κ2) is 4.78. The van der Waals surface area contributed by atoms with Gasteiger partial charge in [-0.2, -0.15) is 0 Å². The molecule has 3 heteroatoms. The van der Waals surface area contributed by atoms with Crippen LogP contribution in [0.25, 0.3) is 0 Å². The molecule has 1 aliphatic rings. The van der Waals surface area contributed by atoms with Crippen LogP contribution in [-0.2, 0) is 6.54 Å². The van der Waals surface area contributed by atoms with E-state index in [1.807, 2.05) is 30.5 Å². The minimum Gasteiger partial charge on any atom is -0.388 e. The van der Waals surface area contributed by atoms with E-state index < -0.39 is 0 Å². The van der Waals surface area contributed by atoms with Gasteiger partial charge in [-0.15, -0.1) is 0 Å². The quantitative estimate of drug-likeness (QED) is 0.876. The van der Waals surface area contributed by atoms with Crippen LogP contribution in [-0.4, -0.2) is 16.6 Å². The Morgan fingerprint density at radius 1 is 1.22 bits per heavy atom. The van der Waals surface area contributed by atoms with Gasteiger partial charge in [0, 0.05) is 36.7 Å². The Kier molecular flexibility index (Phi) is 2.99. The van der Waals surface area contributed by atoms with E-state index in [4.69, 9.17) is 0 Å². The van der Waals surface area contributed by atoms with E-state index in [0.717, 1.165) is 30.8 Å². The lowest BCUT2D eigenvalue weighted by Crippen LogP contribution is -2.30. The zero-order valence-corrected chi connectivity index (χ0v) is 10.2. The molecule has 18 heavy (non-hydrogen) atoms. The monoisotopic (exact) mass is 240 g/mol. The van der Waals surface area contributed by atoms with Crippen molar-refractivity contribution in [1.82, 2.24) is 4.98 Å². The van der Waals surface area contributed by atoms with Crippen molar-refractivity contribution in [3.63, 3.8) is 0 Å². The normalized spacial score (nSPS) is 18.5. The minimum atomic E-state index is -0.327. The summed E-state index contributed by atoms with van der Waals surface area (Å²) >= 11 is 0. The van der Waals surface area contributed by atoms with E-state index in [-0.39, 0.29) is 6.10 Å². The number of aliphatic hydroxyl groups is 1. The molecule has 0 spiro atoms. The molecule has 92 valence electrons. The van der Waals surface area contributed by atoms with Gasteiger partial charge >= 0.3 is 0 Å². The van der Waals surface area contributed by atoms with E-state index in [1.165, 1.54) is 5.56 Å². The van der Waals surface area contributed by atoms with Crippen molar-refractivity contribution >= 4 is 5.69 Å². The number of aromatic nitrogens is 1. The Bertz CT molecular complexity index is 527. The lowest BCUT2D eigenvalue weighted by molar-refractivity contribution is 0.164. The second-order valence-electron chi connectivity index (χ2n) is 4.65. The van der Waals surface area contributed by atoms with Crippen LogP contribution in [0.15, 0.2) is 48.8 Å². The van der Waals surface area contributed by atoms with Crippen molar-refractivity contribution in [1.29, 1.82) is 0 Å². The van der Waals surface area contributed by atoms with Gasteiger partial charge in [-0.1, -0.05) is 24.3 Å². The molecule has 1 N–H and O–H groups in total.